The summed E-state index contributed by atoms with van der Waals surface area (Å²) in [5.74, 6) is 1.35. The fourth-order valence-electron chi connectivity index (χ4n) is 2.28. The van der Waals surface area contributed by atoms with E-state index in [0.29, 0.717) is 37.6 Å². The molecule has 2 N–H and O–H groups in total. The van der Waals surface area contributed by atoms with Crippen LogP contribution in [0.1, 0.15) is 44.3 Å². The van der Waals surface area contributed by atoms with Gasteiger partial charge < -0.3 is 20.1 Å². The number of carbonyl (C=O) groups is 1. The Kier molecular flexibility index (Phi) is 3.99. The second-order valence-corrected chi connectivity index (χ2v) is 5.93. The Balaban J connectivity index is 2.05. The first kappa shape index (κ1) is 14.8. The molecule has 1 aliphatic heterocycles. The van der Waals surface area contributed by atoms with Gasteiger partial charge in [-0.3, -0.25) is 0 Å². The Labute approximate surface area is 119 Å². The molecular weight excluding hydrogens is 258 g/mol. The van der Waals surface area contributed by atoms with E-state index in [1.165, 1.54) is 0 Å². The number of urea groups is 1. The Morgan fingerprint density at radius 2 is 2.00 bits per heavy atom. The van der Waals surface area contributed by atoms with Gasteiger partial charge in [0, 0.05) is 33.1 Å². The van der Waals surface area contributed by atoms with Crippen LogP contribution < -0.4 is 5.73 Å². The Hall–Kier alpha value is -1.63. The lowest BCUT2D eigenvalue weighted by Crippen LogP contribution is -2.52. The van der Waals surface area contributed by atoms with Crippen LogP contribution in [0, 0.1) is 0 Å². The van der Waals surface area contributed by atoms with Gasteiger partial charge in [0.1, 0.15) is 0 Å². The lowest BCUT2D eigenvalue weighted by molar-refractivity contribution is 0.135. The normalized spacial score (nSPS) is 18.4. The molecule has 0 aliphatic carbocycles. The quantitative estimate of drug-likeness (QED) is 0.877. The fraction of sp³-hybridized carbons (Fsp3) is 0.769. The molecule has 2 heterocycles. The summed E-state index contributed by atoms with van der Waals surface area (Å²) in [4.78, 5) is 19.7. The summed E-state index contributed by atoms with van der Waals surface area (Å²) in [6.45, 7) is 5.22. The second kappa shape index (κ2) is 5.40. The zero-order valence-electron chi connectivity index (χ0n) is 12.6. The molecule has 0 aromatic carbocycles. The summed E-state index contributed by atoms with van der Waals surface area (Å²) in [6.07, 6.45) is 1.29. The maximum atomic E-state index is 11.9. The van der Waals surface area contributed by atoms with E-state index in [1.807, 2.05) is 13.8 Å². The molecular formula is C13H23N5O2. The number of aromatic nitrogens is 2. The van der Waals surface area contributed by atoms with Crippen LogP contribution in [0.15, 0.2) is 4.52 Å². The highest BCUT2D eigenvalue weighted by molar-refractivity contribution is 5.73. The van der Waals surface area contributed by atoms with Crippen LogP contribution in [0.3, 0.4) is 0 Å². The average molecular weight is 281 g/mol. The van der Waals surface area contributed by atoms with E-state index in [9.17, 15) is 4.79 Å². The molecule has 7 nitrogen and oxygen atoms in total. The molecule has 0 radical (unpaired) electrons. The molecule has 0 atom stereocenters. The molecule has 112 valence electrons. The van der Waals surface area contributed by atoms with Gasteiger partial charge in [0.15, 0.2) is 5.82 Å². The maximum absolute atomic E-state index is 11.9. The molecule has 1 aliphatic rings. The molecule has 0 saturated carbocycles. The minimum Gasteiger partial charge on any atom is -0.339 e. The Bertz CT molecular complexity index is 475. The predicted octanol–water partition coefficient (Wildman–Crippen LogP) is 1.12. The van der Waals surface area contributed by atoms with E-state index >= 15 is 0 Å². The summed E-state index contributed by atoms with van der Waals surface area (Å²) in [7, 11) is 3.50. The van der Waals surface area contributed by atoms with Crippen molar-refractivity contribution in [2.45, 2.75) is 38.1 Å². The van der Waals surface area contributed by atoms with E-state index < -0.39 is 5.54 Å². The van der Waals surface area contributed by atoms with Crippen LogP contribution in [0.5, 0.6) is 0 Å². The van der Waals surface area contributed by atoms with Crippen LogP contribution in [-0.2, 0) is 5.54 Å². The topological polar surface area (TPSA) is 88.5 Å². The lowest BCUT2D eigenvalue weighted by atomic mass is 9.88. The number of hydrogen-bond donors (Lipinski definition) is 1. The van der Waals surface area contributed by atoms with Crippen molar-refractivity contribution >= 4 is 6.03 Å². The van der Waals surface area contributed by atoms with Crippen molar-refractivity contribution in [1.82, 2.24) is 19.9 Å². The maximum Gasteiger partial charge on any atom is 0.319 e. The number of amides is 2. The van der Waals surface area contributed by atoms with Crippen molar-refractivity contribution < 1.29 is 9.32 Å². The zero-order chi connectivity index (χ0) is 14.9. The van der Waals surface area contributed by atoms with Gasteiger partial charge in [-0.05, 0) is 12.8 Å². The molecule has 0 bridgehead atoms. The summed E-state index contributed by atoms with van der Waals surface area (Å²) in [5, 5.41) is 4.01. The van der Waals surface area contributed by atoms with Gasteiger partial charge in [-0.1, -0.05) is 19.0 Å². The van der Waals surface area contributed by atoms with Gasteiger partial charge in [-0.2, -0.15) is 4.98 Å². The third-order valence-corrected chi connectivity index (χ3v) is 3.69. The molecule has 0 unspecified atom stereocenters. The van der Waals surface area contributed by atoms with Gasteiger partial charge in [-0.25, -0.2) is 4.79 Å². The number of carbonyl (C=O) groups excluding carboxylic acids is 1. The Morgan fingerprint density at radius 3 is 2.45 bits per heavy atom. The summed E-state index contributed by atoms with van der Waals surface area (Å²) in [5.41, 5.74) is 5.80. The van der Waals surface area contributed by atoms with E-state index in [0.717, 1.165) is 0 Å². The molecule has 0 spiro atoms. The predicted molar refractivity (Wildman–Crippen MR) is 74.1 cm³/mol. The van der Waals surface area contributed by atoms with Crippen molar-refractivity contribution in [2.24, 2.45) is 5.73 Å². The zero-order valence-corrected chi connectivity index (χ0v) is 12.6. The van der Waals surface area contributed by atoms with Crippen LogP contribution in [0.2, 0.25) is 0 Å². The monoisotopic (exact) mass is 281 g/mol. The number of rotatable bonds is 2. The lowest BCUT2D eigenvalue weighted by Gasteiger charge is -2.38. The first-order valence-corrected chi connectivity index (χ1v) is 6.92. The minimum atomic E-state index is -0.597. The third kappa shape index (κ3) is 2.77. The average Bonchev–Trinajstić information content (AvgIpc) is 2.89. The van der Waals surface area contributed by atoms with Gasteiger partial charge in [0.05, 0.1) is 5.54 Å². The number of nitrogens with zero attached hydrogens (tertiary/aromatic N) is 4. The number of piperidine rings is 1. The summed E-state index contributed by atoms with van der Waals surface area (Å²) in [6, 6.07) is 0.0167. The van der Waals surface area contributed by atoms with Gasteiger partial charge in [0.25, 0.3) is 0 Å². The van der Waals surface area contributed by atoms with E-state index in [1.54, 1.807) is 23.9 Å². The largest absolute Gasteiger partial charge is 0.339 e. The third-order valence-electron chi connectivity index (χ3n) is 3.69. The van der Waals surface area contributed by atoms with Crippen LogP contribution >= 0.6 is 0 Å². The highest BCUT2D eigenvalue weighted by atomic mass is 16.5. The number of nitrogens with two attached hydrogens (primary N) is 1. The molecule has 2 amide bonds. The standard InChI is InChI=1S/C13H23N5O2/c1-9(2)10-15-11(16-20-10)13(14)5-7-18(8-6-13)12(19)17(3)4/h9H,5-8,14H2,1-4H3. The highest BCUT2D eigenvalue weighted by Crippen LogP contribution is 2.29. The smallest absolute Gasteiger partial charge is 0.319 e. The van der Waals surface area contributed by atoms with Crippen LogP contribution in [0.4, 0.5) is 4.79 Å². The number of likely N-dealkylation sites (tertiary alicyclic amines) is 1. The van der Waals surface area contributed by atoms with Crippen molar-refractivity contribution in [1.29, 1.82) is 0 Å². The van der Waals surface area contributed by atoms with E-state index in [-0.39, 0.29) is 11.9 Å². The molecule has 1 saturated heterocycles. The molecule has 7 heteroatoms. The van der Waals surface area contributed by atoms with Crippen LogP contribution in [-0.4, -0.2) is 53.2 Å². The van der Waals surface area contributed by atoms with Gasteiger partial charge in [-0.15, -0.1) is 0 Å². The highest BCUT2D eigenvalue weighted by Gasteiger charge is 2.38. The fourth-order valence-corrected chi connectivity index (χ4v) is 2.28. The van der Waals surface area contributed by atoms with Gasteiger partial charge in [0.2, 0.25) is 5.89 Å². The number of hydrogen-bond acceptors (Lipinski definition) is 5. The molecule has 20 heavy (non-hydrogen) atoms. The van der Waals surface area contributed by atoms with Crippen molar-refractivity contribution in [3.63, 3.8) is 0 Å². The molecule has 2 rings (SSSR count). The van der Waals surface area contributed by atoms with E-state index in [4.69, 9.17) is 10.3 Å². The molecule has 1 fully saturated rings. The van der Waals surface area contributed by atoms with Crippen molar-refractivity contribution in [3.8, 4) is 0 Å². The van der Waals surface area contributed by atoms with Gasteiger partial charge >= 0.3 is 6.03 Å². The summed E-state index contributed by atoms with van der Waals surface area (Å²) < 4.78 is 5.23. The Morgan fingerprint density at radius 1 is 1.40 bits per heavy atom. The first-order chi connectivity index (χ1) is 9.33. The first-order valence-electron chi connectivity index (χ1n) is 6.92. The van der Waals surface area contributed by atoms with E-state index in [2.05, 4.69) is 10.1 Å². The SMILES string of the molecule is CC(C)c1nc(C2(N)CCN(C(=O)N(C)C)CC2)no1. The summed E-state index contributed by atoms with van der Waals surface area (Å²) >= 11 is 0. The molecule has 1 aromatic heterocycles. The van der Waals surface area contributed by atoms with Crippen LogP contribution in [0.25, 0.3) is 0 Å². The van der Waals surface area contributed by atoms with Crippen molar-refractivity contribution in [3.05, 3.63) is 11.7 Å². The van der Waals surface area contributed by atoms with Crippen molar-refractivity contribution in [2.75, 3.05) is 27.2 Å². The minimum absolute atomic E-state index is 0.0167. The molecule has 1 aromatic rings. The second-order valence-electron chi connectivity index (χ2n) is 5.93.